The molecule has 0 aromatic heterocycles. The Hall–Kier alpha value is -3.08. The Morgan fingerprint density at radius 1 is 1.00 bits per heavy atom. The predicted octanol–water partition coefficient (Wildman–Crippen LogP) is 3.41. The predicted molar refractivity (Wildman–Crippen MR) is 92.8 cm³/mol. The van der Waals surface area contributed by atoms with E-state index in [1.54, 1.807) is 11.4 Å². The minimum Gasteiger partial charge on any atom is -0.308 e. The lowest BCUT2D eigenvalue weighted by Crippen LogP contribution is -2.47. The van der Waals surface area contributed by atoms with Crippen molar-refractivity contribution in [3.8, 4) is 0 Å². The zero-order valence-corrected chi connectivity index (χ0v) is 14.6. The van der Waals surface area contributed by atoms with Crippen LogP contribution < -0.4 is 14.9 Å². The van der Waals surface area contributed by atoms with E-state index in [-0.39, 0.29) is 11.4 Å². The van der Waals surface area contributed by atoms with Gasteiger partial charge in [-0.3, -0.25) is 5.32 Å². The quantitative estimate of drug-likeness (QED) is 0.824. The summed E-state index contributed by atoms with van der Waals surface area (Å²) in [6.45, 7) is 0. The van der Waals surface area contributed by atoms with E-state index < -0.39 is 33.8 Å². The van der Waals surface area contributed by atoms with Gasteiger partial charge in [0.15, 0.2) is 0 Å². The number of hydrogen-bond donors (Lipinski definition) is 2. The highest BCUT2D eigenvalue weighted by molar-refractivity contribution is 7.92. The molecule has 2 N–H and O–H groups in total. The van der Waals surface area contributed by atoms with Crippen LogP contribution in [0.4, 0.5) is 34.1 Å². The molecular weight excluding hydrogens is 387 g/mol. The summed E-state index contributed by atoms with van der Waals surface area (Å²) in [6.07, 6.45) is -3.84. The van der Waals surface area contributed by atoms with Gasteiger partial charge in [0, 0.05) is 5.69 Å². The second kappa shape index (κ2) is 7.66. The first-order valence-electron chi connectivity index (χ1n) is 7.33. The summed E-state index contributed by atoms with van der Waals surface area (Å²) in [5, 5.41) is 3.82. The molecule has 7 nitrogen and oxygen atoms in total. The van der Waals surface area contributed by atoms with E-state index in [1.165, 1.54) is 30.3 Å². The van der Waals surface area contributed by atoms with Crippen molar-refractivity contribution >= 4 is 33.5 Å². The smallest absolute Gasteiger partial charge is 0.308 e. The van der Waals surface area contributed by atoms with E-state index in [9.17, 15) is 31.2 Å². The van der Waals surface area contributed by atoms with Crippen LogP contribution in [0.3, 0.4) is 0 Å². The van der Waals surface area contributed by atoms with Crippen LogP contribution in [0.1, 0.15) is 5.56 Å². The van der Waals surface area contributed by atoms with Gasteiger partial charge in [0.2, 0.25) is 10.0 Å². The number of sulfonamides is 1. The van der Waals surface area contributed by atoms with E-state index in [0.717, 1.165) is 18.4 Å². The molecule has 27 heavy (non-hydrogen) atoms. The summed E-state index contributed by atoms with van der Waals surface area (Å²) in [5.74, 6) is 0. The van der Waals surface area contributed by atoms with Crippen molar-refractivity contribution in [3.05, 3.63) is 60.2 Å². The highest BCUT2D eigenvalue weighted by Gasteiger charge is 2.31. The average molecular weight is 401 g/mol. The monoisotopic (exact) mass is 401 g/mol. The van der Waals surface area contributed by atoms with Crippen LogP contribution in [0.2, 0.25) is 0 Å². The third-order valence-corrected chi connectivity index (χ3v) is 4.21. The number of nitrogens with one attached hydrogen (secondary N) is 2. The maximum atomic E-state index is 12.7. The van der Waals surface area contributed by atoms with Crippen LogP contribution in [0.25, 0.3) is 0 Å². The second-order valence-electron chi connectivity index (χ2n) is 5.33. The lowest BCUT2D eigenvalue weighted by molar-refractivity contribution is -0.137. The molecule has 0 aliphatic heterocycles. The number of carbonyl (C=O) groups excluding carboxylic acids is 2. The van der Waals surface area contributed by atoms with Gasteiger partial charge in [-0.15, -0.1) is 0 Å². The number of urea groups is 2. The van der Waals surface area contributed by atoms with E-state index in [0.29, 0.717) is 10.4 Å². The van der Waals surface area contributed by atoms with Crippen molar-refractivity contribution in [1.29, 1.82) is 0 Å². The van der Waals surface area contributed by atoms with Crippen molar-refractivity contribution in [1.82, 2.24) is 5.32 Å². The first kappa shape index (κ1) is 20.2. The van der Waals surface area contributed by atoms with Crippen LogP contribution in [0, 0.1) is 0 Å². The summed E-state index contributed by atoms with van der Waals surface area (Å²) >= 11 is 0. The van der Waals surface area contributed by atoms with Crippen LogP contribution in [0.5, 0.6) is 0 Å². The van der Waals surface area contributed by atoms with Crippen molar-refractivity contribution in [3.63, 3.8) is 0 Å². The van der Waals surface area contributed by atoms with E-state index in [4.69, 9.17) is 0 Å². The molecule has 0 saturated heterocycles. The van der Waals surface area contributed by atoms with Crippen LogP contribution in [-0.2, 0) is 16.2 Å². The number of nitrogens with zero attached hydrogens (tertiary/aromatic N) is 1. The molecule has 0 bridgehead atoms. The lowest BCUT2D eigenvalue weighted by Gasteiger charge is -2.20. The number of benzene rings is 2. The fourth-order valence-corrected chi connectivity index (χ4v) is 2.96. The number of rotatable bonds is 3. The second-order valence-corrected chi connectivity index (χ2v) is 7.16. The SMILES string of the molecule is CS(=O)(=O)N(C(=O)NC(=O)Nc1cccc(C(F)(F)F)c1)c1ccccc1. The van der Waals surface area contributed by atoms with Crippen molar-refractivity contribution in [2.75, 3.05) is 15.9 Å². The number of halogens is 3. The Bertz CT molecular complexity index is 947. The first-order valence-corrected chi connectivity index (χ1v) is 9.18. The highest BCUT2D eigenvalue weighted by atomic mass is 32.2. The van der Waals surface area contributed by atoms with E-state index >= 15 is 0 Å². The summed E-state index contributed by atoms with van der Waals surface area (Å²) in [4.78, 5) is 24.1. The van der Waals surface area contributed by atoms with Gasteiger partial charge in [-0.2, -0.15) is 17.5 Å². The normalized spacial score (nSPS) is 11.6. The third-order valence-electron chi connectivity index (χ3n) is 3.18. The number of hydrogen-bond acceptors (Lipinski definition) is 4. The van der Waals surface area contributed by atoms with Gasteiger partial charge >= 0.3 is 18.2 Å². The number of para-hydroxylation sites is 1. The van der Waals surface area contributed by atoms with Crippen molar-refractivity contribution in [2.45, 2.75) is 6.18 Å². The van der Waals surface area contributed by atoms with Gasteiger partial charge in [-0.05, 0) is 30.3 Å². The first-order chi connectivity index (χ1) is 12.5. The molecule has 11 heteroatoms. The minimum atomic E-state index is -4.61. The molecule has 2 aromatic rings. The molecule has 0 atom stereocenters. The van der Waals surface area contributed by atoms with Gasteiger partial charge in [0.1, 0.15) is 0 Å². The topological polar surface area (TPSA) is 95.6 Å². The van der Waals surface area contributed by atoms with Crippen molar-refractivity contribution in [2.24, 2.45) is 0 Å². The molecule has 0 radical (unpaired) electrons. The third kappa shape index (κ3) is 5.45. The van der Waals surface area contributed by atoms with Crippen LogP contribution in [0.15, 0.2) is 54.6 Å². The van der Waals surface area contributed by atoms with Crippen molar-refractivity contribution < 1.29 is 31.2 Å². The van der Waals surface area contributed by atoms with Gasteiger partial charge < -0.3 is 5.32 Å². The fourth-order valence-electron chi connectivity index (χ4n) is 2.11. The van der Waals surface area contributed by atoms with E-state index in [2.05, 4.69) is 5.32 Å². The molecule has 0 saturated carbocycles. The molecule has 0 heterocycles. The van der Waals surface area contributed by atoms with Gasteiger partial charge in [0.25, 0.3) is 0 Å². The summed E-state index contributed by atoms with van der Waals surface area (Å²) in [7, 11) is -4.07. The zero-order valence-electron chi connectivity index (χ0n) is 13.8. The Kier molecular flexibility index (Phi) is 5.74. The number of amides is 4. The Labute approximate surface area is 152 Å². The summed E-state index contributed by atoms with van der Waals surface area (Å²) in [6, 6.07) is 8.53. The molecular formula is C16H14F3N3O4S. The average Bonchev–Trinajstić information content (AvgIpc) is 2.53. The molecule has 0 aliphatic carbocycles. The minimum absolute atomic E-state index is 0.00984. The Balaban J connectivity index is 2.16. The van der Waals surface area contributed by atoms with Gasteiger partial charge in [0.05, 0.1) is 17.5 Å². The van der Waals surface area contributed by atoms with Gasteiger partial charge in [-0.1, -0.05) is 24.3 Å². The van der Waals surface area contributed by atoms with E-state index in [1.807, 2.05) is 0 Å². The number of alkyl halides is 3. The molecule has 0 aliphatic rings. The maximum absolute atomic E-state index is 12.7. The number of anilines is 2. The standard InChI is InChI=1S/C16H14F3N3O4S/c1-27(25,26)22(13-8-3-2-4-9-13)15(24)21-14(23)20-12-7-5-6-11(10-12)16(17,18)19/h2-10H,1H3,(H2,20,21,23,24). The van der Waals surface area contributed by atoms with Gasteiger partial charge in [-0.25, -0.2) is 18.0 Å². The van der Waals surface area contributed by atoms with Crippen LogP contribution in [-0.4, -0.2) is 26.7 Å². The largest absolute Gasteiger partial charge is 0.416 e. The molecule has 2 rings (SSSR count). The zero-order chi connectivity index (χ0) is 20.2. The maximum Gasteiger partial charge on any atom is 0.416 e. The molecule has 2 aromatic carbocycles. The highest BCUT2D eigenvalue weighted by Crippen LogP contribution is 2.30. The summed E-state index contributed by atoms with van der Waals surface area (Å²) < 4.78 is 62.2. The molecule has 144 valence electrons. The lowest BCUT2D eigenvalue weighted by atomic mass is 10.2. The Morgan fingerprint density at radius 2 is 1.63 bits per heavy atom. The molecule has 4 amide bonds. The Morgan fingerprint density at radius 3 is 2.19 bits per heavy atom. The summed E-state index contributed by atoms with van der Waals surface area (Å²) in [5.41, 5.74) is -1.22. The van der Waals surface area contributed by atoms with Crippen LogP contribution >= 0.6 is 0 Å². The fraction of sp³-hybridized carbons (Fsp3) is 0.125. The number of imide groups is 1. The number of carbonyl (C=O) groups is 2. The molecule has 0 spiro atoms. The molecule has 0 fully saturated rings. The molecule has 0 unspecified atom stereocenters.